The molecule has 3 aromatic rings. The van der Waals surface area contributed by atoms with E-state index in [0.29, 0.717) is 5.92 Å². The molecule has 1 heterocycles. The van der Waals surface area contributed by atoms with Crippen LogP contribution in [0.25, 0.3) is 22.2 Å². The van der Waals surface area contributed by atoms with Gasteiger partial charge in [0, 0.05) is 5.39 Å². The summed E-state index contributed by atoms with van der Waals surface area (Å²) >= 11 is 0. The Labute approximate surface area is 189 Å². The summed E-state index contributed by atoms with van der Waals surface area (Å²) in [5.41, 5.74) is 3.66. The lowest BCUT2D eigenvalue weighted by atomic mass is 9.82. The summed E-state index contributed by atoms with van der Waals surface area (Å²) in [6, 6.07) is 15.4. The minimum atomic E-state index is -0.975. The van der Waals surface area contributed by atoms with Gasteiger partial charge < -0.3 is 14.4 Å². The number of carbonyl (C=O) groups is 2. The van der Waals surface area contributed by atoms with E-state index in [0.717, 1.165) is 35.0 Å². The SMILES string of the molecule is CC(C)(C)OC(=O)Cn1c(-c2ccccc2)c(C2CCCCC2)c2ccc(C(=O)O)cc21. The van der Waals surface area contributed by atoms with Crippen molar-refractivity contribution in [3.63, 3.8) is 0 Å². The third-order valence-corrected chi connectivity index (χ3v) is 6.12. The molecular weight excluding hydrogens is 402 g/mol. The van der Waals surface area contributed by atoms with Crippen LogP contribution in [0.15, 0.2) is 48.5 Å². The average Bonchev–Trinajstić information content (AvgIpc) is 3.07. The van der Waals surface area contributed by atoms with Crippen molar-refractivity contribution in [3.8, 4) is 11.3 Å². The molecule has 4 rings (SSSR count). The van der Waals surface area contributed by atoms with Gasteiger partial charge in [-0.1, -0.05) is 55.7 Å². The van der Waals surface area contributed by atoms with Gasteiger partial charge in [-0.2, -0.15) is 0 Å². The number of aromatic nitrogens is 1. The topological polar surface area (TPSA) is 68.5 Å². The lowest BCUT2D eigenvalue weighted by molar-refractivity contribution is -0.155. The lowest BCUT2D eigenvalue weighted by Crippen LogP contribution is -2.26. The van der Waals surface area contributed by atoms with Gasteiger partial charge in [0.25, 0.3) is 0 Å². The predicted octanol–water partition coefficient (Wildman–Crippen LogP) is 6.40. The molecule has 0 amide bonds. The summed E-state index contributed by atoms with van der Waals surface area (Å²) in [5, 5.41) is 10.6. The van der Waals surface area contributed by atoms with Crippen molar-refractivity contribution in [3.05, 3.63) is 59.7 Å². The van der Waals surface area contributed by atoms with Crippen LogP contribution in [0.2, 0.25) is 0 Å². The van der Waals surface area contributed by atoms with Crippen LogP contribution in [0.5, 0.6) is 0 Å². The number of aromatic carboxylic acids is 1. The van der Waals surface area contributed by atoms with Crippen molar-refractivity contribution >= 4 is 22.8 Å². The molecule has 0 aliphatic heterocycles. The second kappa shape index (κ2) is 8.81. The van der Waals surface area contributed by atoms with E-state index >= 15 is 0 Å². The molecule has 1 fully saturated rings. The maximum absolute atomic E-state index is 12.9. The summed E-state index contributed by atoms with van der Waals surface area (Å²) < 4.78 is 7.61. The second-order valence-corrected chi connectivity index (χ2v) is 9.67. The number of hydrogen-bond acceptors (Lipinski definition) is 3. The molecule has 0 bridgehead atoms. The average molecular weight is 434 g/mol. The monoisotopic (exact) mass is 433 g/mol. The van der Waals surface area contributed by atoms with Gasteiger partial charge in [-0.05, 0) is 62.8 Å². The number of rotatable bonds is 5. The number of ether oxygens (including phenoxy) is 1. The zero-order valence-electron chi connectivity index (χ0n) is 19.1. The Morgan fingerprint density at radius 3 is 2.34 bits per heavy atom. The highest BCUT2D eigenvalue weighted by atomic mass is 16.6. The number of carbonyl (C=O) groups excluding carboxylic acids is 1. The maximum Gasteiger partial charge on any atom is 0.335 e. The van der Waals surface area contributed by atoms with Crippen molar-refractivity contribution in [2.75, 3.05) is 0 Å². The molecule has 0 spiro atoms. The van der Waals surface area contributed by atoms with Crippen molar-refractivity contribution in [2.45, 2.75) is 70.9 Å². The van der Waals surface area contributed by atoms with Crippen molar-refractivity contribution in [2.24, 2.45) is 0 Å². The van der Waals surface area contributed by atoms with Crippen molar-refractivity contribution in [1.82, 2.24) is 4.57 Å². The van der Waals surface area contributed by atoms with Gasteiger partial charge in [0.2, 0.25) is 0 Å². The summed E-state index contributed by atoms with van der Waals surface area (Å²) in [7, 11) is 0. The van der Waals surface area contributed by atoms with E-state index < -0.39 is 11.6 Å². The van der Waals surface area contributed by atoms with E-state index in [1.165, 1.54) is 24.8 Å². The maximum atomic E-state index is 12.9. The van der Waals surface area contributed by atoms with E-state index in [4.69, 9.17) is 4.74 Å². The smallest absolute Gasteiger partial charge is 0.335 e. The molecule has 32 heavy (non-hydrogen) atoms. The Hall–Kier alpha value is -3.08. The summed E-state index contributed by atoms with van der Waals surface area (Å²) in [6.45, 7) is 5.60. The minimum absolute atomic E-state index is 0.0355. The fraction of sp³-hybridized carbons (Fsp3) is 0.407. The predicted molar refractivity (Wildman–Crippen MR) is 126 cm³/mol. The van der Waals surface area contributed by atoms with Gasteiger partial charge in [-0.25, -0.2) is 4.79 Å². The van der Waals surface area contributed by atoms with Gasteiger partial charge in [0.1, 0.15) is 12.1 Å². The van der Waals surface area contributed by atoms with Crippen LogP contribution in [-0.2, 0) is 16.1 Å². The Bertz CT molecular complexity index is 1130. The van der Waals surface area contributed by atoms with E-state index in [9.17, 15) is 14.7 Å². The third-order valence-electron chi connectivity index (χ3n) is 6.12. The molecule has 0 radical (unpaired) electrons. The van der Waals surface area contributed by atoms with Crippen molar-refractivity contribution in [1.29, 1.82) is 0 Å². The molecule has 1 aliphatic rings. The van der Waals surface area contributed by atoms with Gasteiger partial charge in [-0.3, -0.25) is 4.79 Å². The Morgan fingerprint density at radius 2 is 1.72 bits per heavy atom. The number of fused-ring (bicyclic) bond motifs is 1. The Morgan fingerprint density at radius 1 is 1.03 bits per heavy atom. The fourth-order valence-electron chi connectivity index (χ4n) is 4.89. The first-order valence-electron chi connectivity index (χ1n) is 11.4. The van der Waals surface area contributed by atoms with Crippen LogP contribution >= 0.6 is 0 Å². The molecule has 0 unspecified atom stereocenters. The standard InChI is InChI=1S/C27H31NO4/c1-27(2,3)32-23(29)17-28-22-16-20(26(30)31)14-15-21(22)24(18-10-6-4-7-11-18)25(28)19-12-8-5-9-13-19/h5,8-9,12-16,18H,4,6-7,10-11,17H2,1-3H3,(H,30,31). The van der Waals surface area contributed by atoms with Gasteiger partial charge in [-0.15, -0.1) is 0 Å². The lowest BCUT2D eigenvalue weighted by Gasteiger charge is -2.24. The summed E-state index contributed by atoms with van der Waals surface area (Å²) in [5.74, 6) is -0.920. The highest BCUT2D eigenvalue weighted by molar-refractivity contribution is 5.98. The summed E-state index contributed by atoms with van der Waals surface area (Å²) in [6.07, 6.45) is 5.82. The number of nitrogens with zero attached hydrogens (tertiary/aromatic N) is 1. The number of hydrogen-bond donors (Lipinski definition) is 1. The number of carboxylic acids is 1. The van der Waals surface area contributed by atoms with Crippen LogP contribution in [-0.4, -0.2) is 27.2 Å². The quantitative estimate of drug-likeness (QED) is 0.473. The van der Waals surface area contributed by atoms with Crippen LogP contribution < -0.4 is 0 Å². The third kappa shape index (κ3) is 4.57. The van der Waals surface area contributed by atoms with Gasteiger partial charge in [0.15, 0.2) is 0 Å². The first-order valence-corrected chi connectivity index (χ1v) is 11.4. The molecular formula is C27H31NO4. The minimum Gasteiger partial charge on any atom is -0.478 e. The number of benzene rings is 2. The van der Waals surface area contributed by atoms with Crippen LogP contribution in [0.1, 0.15) is 74.7 Å². The van der Waals surface area contributed by atoms with E-state index in [-0.39, 0.29) is 18.1 Å². The number of carboxylic acid groups (broad SMARTS) is 1. The molecule has 1 saturated carbocycles. The highest BCUT2D eigenvalue weighted by Crippen LogP contribution is 2.44. The fourth-order valence-corrected chi connectivity index (χ4v) is 4.89. The highest BCUT2D eigenvalue weighted by Gasteiger charge is 2.28. The first-order chi connectivity index (χ1) is 15.2. The molecule has 5 heteroatoms. The van der Waals surface area contributed by atoms with Gasteiger partial charge >= 0.3 is 11.9 Å². The molecule has 0 saturated heterocycles. The largest absolute Gasteiger partial charge is 0.478 e. The van der Waals surface area contributed by atoms with E-state index in [1.54, 1.807) is 12.1 Å². The molecule has 5 nitrogen and oxygen atoms in total. The molecule has 1 N–H and O–H groups in total. The van der Waals surface area contributed by atoms with Gasteiger partial charge in [0.05, 0.1) is 16.8 Å². The Kier molecular flexibility index (Phi) is 6.09. The molecule has 2 aromatic carbocycles. The zero-order chi connectivity index (χ0) is 22.9. The van der Waals surface area contributed by atoms with E-state index in [1.807, 2.05) is 49.6 Å². The van der Waals surface area contributed by atoms with Crippen LogP contribution in [0.3, 0.4) is 0 Å². The first kappa shape index (κ1) is 22.1. The zero-order valence-corrected chi connectivity index (χ0v) is 19.1. The molecule has 1 aliphatic carbocycles. The van der Waals surface area contributed by atoms with Crippen LogP contribution in [0, 0.1) is 0 Å². The van der Waals surface area contributed by atoms with Crippen LogP contribution in [0.4, 0.5) is 0 Å². The Balaban J connectivity index is 1.97. The van der Waals surface area contributed by atoms with E-state index in [2.05, 4.69) is 12.1 Å². The second-order valence-electron chi connectivity index (χ2n) is 9.67. The van der Waals surface area contributed by atoms with Crippen molar-refractivity contribution < 1.29 is 19.4 Å². The molecule has 1 aromatic heterocycles. The molecule has 168 valence electrons. The molecule has 0 atom stereocenters. The number of esters is 1. The normalized spacial score (nSPS) is 15.1. The summed E-state index contributed by atoms with van der Waals surface area (Å²) in [4.78, 5) is 24.6.